The minimum atomic E-state index is -3.33. The molecule has 0 saturated heterocycles. The first-order valence-electron chi connectivity index (χ1n) is 6.57. The predicted molar refractivity (Wildman–Crippen MR) is 78.1 cm³/mol. The Labute approximate surface area is 120 Å². The van der Waals surface area contributed by atoms with E-state index in [2.05, 4.69) is 0 Å². The Hall–Kier alpha value is -1.62. The molecule has 0 saturated carbocycles. The number of carbonyl (C=O) groups excluding carboxylic acids is 1. The highest BCUT2D eigenvalue weighted by atomic mass is 32.2. The fourth-order valence-corrected chi connectivity index (χ4v) is 2.88. The topological polar surface area (TPSA) is 60.4 Å². The average molecular weight is 296 g/mol. The third kappa shape index (κ3) is 5.57. The highest BCUT2D eigenvalue weighted by Crippen LogP contribution is 2.11. The van der Waals surface area contributed by atoms with Crippen molar-refractivity contribution in [3.8, 4) is 0 Å². The number of sulfone groups is 1. The van der Waals surface area contributed by atoms with Crippen molar-refractivity contribution >= 4 is 15.8 Å². The molecule has 1 aromatic rings. The summed E-state index contributed by atoms with van der Waals surface area (Å²) in [5.41, 5.74) is 0. The Morgan fingerprint density at radius 1 is 1.30 bits per heavy atom. The molecule has 0 aliphatic rings. The maximum Gasteiger partial charge on any atom is 0.303 e. The molecule has 0 bridgehead atoms. The minimum absolute atomic E-state index is 0.0987. The van der Waals surface area contributed by atoms with E-state index < -0.39 is 9.84 Å². The van der Waals surface area contributed by atoms with E-state index >= 15 is 0 Å². The van der Waals surface area contributed by atoms with Crippen molar-refractivity contribution in [2.75, 3.05) is 5.75 Å². The molecule has 0 spiro atoms. The van der Waals surface area contributed by atoms with Crippen LogP contribution in [0.5, 0.6) is 0 Å². The maximum atomic E-state index is 12.0. The van der Waals surface area contributed by atoms with Crippen molar-refractivity contribution in [1.29, 1.82) is 0 Å². The standard InChI is InChI=1S/C15H20O4S/c1-3-8-14(19-13(2)16)9-7-12-20(17,18)15-10-5-4-6-11-15/h4-7,9-11,14H,3,8,12H2,1-2H3/b9-7-. The molecule has 0 amide bonds. The molecule has 0 heterocycles. The summed E-state index contributed by atoms with van der Waals surface area (Å²) < 4.78 is 29.2. The summed E-state index contributed by atoms with van der Waals surface area (Å²) in [5, 5.41) is 0. The van der Waals surface area contributed by atoms with Gasteiger partial charge in [0.2, 0.25) is 0 Å². The van der Waals surface area contributed by atoms with Gasteiger partial charge in [-0.3, -0.25) is 4.79 Å². The Morgan fingerprint density at radius 2 is 1.95 bits per heavy atom. The summed E-state index contributed by atoms with van der Waals surface area (Å²) in [7, 11) is -3.33. The van der Waals surface area contributed by atoms with Gasteiger partial charge in [-0.05, 0) is 24.6 Å². The van der Waals surface area contributed by atoms with E-state index in [1.165, 1.54) is 6.92 Å². The number of carbonyl (C=O) groups is 1. The van der Waals surface area contributed by atoms with Gasteiger partial charge in [0.1, 0.15) is 6.10 Å². The Morgan fingerprint density at radius 3 is 2.50 bits per heavy atom. The van der Waals surface area contributed by atoms with E-state index in [0.717, 1.165) is 6.42 Å². The van der Waals surface area contributed by atoms with Crippen LogP contribution in [-0.4, -0.2) is 26.2 Å². The van der Waals surface area contributed by atoms with Crippen LogP contribution in [0.15, 0.2) is 47.4 Å². The number of hydrogen-bond acceptors (Lipinski definition) is 4. The smallest absolute Gasteiger partial charge is 0.303 e. The normalized spacial score (nSPS) is 13.3. The molecule has 5 heteroatoms. The Kier molecular flexibility index (Phi) is 6.45. The fraction of sp³-hybridized carbons (Fsp3) is 0.400. The highest BCUT2D eigenvalue weighted by molar-refractivity contribution is 7.91. The lowest BCUT2D eigenvalue weighted by atomic mass is 10.2. The van der Waals surface area contributed by atoms with Gasteiger partial charge in [-0.15, -0.1) is 0 Å². The van der Waals surface area contributed by atoms with Gasteiger partial charge in [0.05, 0.1) is 10.6 Å². The number of esters is 1. The first kappa shape index (κ1) is 16.4. The zero-order chi connectivity index (χ0) is 15.0. The summed E-state index contributed by atoms with van der Waals surface area (Å²) >= 11 is 0. The van der Waals surface area contributed by atoms with Crippen LogP contribution in [0.4, 0.5) is 0 Å². The minimum Gasteiger partial charge on any atom is -0.458 e. The molecular formula is C15H20O4S. The average Bonchev–Trinajstić information content (AvgIpc) is 2.39. The van der Waals surface area contributed by atoms with Crippen LogP contribution < -0.4 is 0 Å². The molecule has 0 radical (unpaired) electrons. The lowest BCUT2D eigenvalue weighted by Crippen LogP contribution is -2.14. The molecule has 1 unspecified atom stereocenters. The van der Waals surface area contributed by atoms with Crippen LogP contribution in [0.3, 0.4) is 0 Å². The largest absolute Gasteiger partial charge is 0.458 e. The van der Waals surface area contributed by atoms with Gasteiger partial charge in [-0.2, -0.15) is 0 Å². The van der Waals surface area contributed by atoms with Crippen molar-refractivity contribution in [2.45, 2.75) is 37.7 Å². The van der Waals surface area contributed by atoms with E-state index in [9.17, 15) is 13.2 Å². The fourth-order valence-electron chi connectivity index (χ4n) is 1.75. The van der Waals surface area contributed by atoms with Gasteiger partial charge in [0, 0.05) is 6.92 Å². The molecule has 0 aliphatic heterocycles. The third-order valence-corrected chi connectivity index (χ3v) is 4.28. The van der Waals surface area contributed by atoms with Crippen molar-refractivity contribution in [3.63, 3.8) is 0 Å². The molecule has 20 heavy (non-hydrogen) atoms. The number of benzene rings is 1. The number of hydrogen-bond donors (Lipinski definition) is 0. The predicted octanol–water partition coefficient (Wildman–Crippen LogP) is 2.75. The monoisotopic (exact) mass is 296 g/mol. The lowest BCUT2D eigenvalue weighted by molar-refractivity contribution is -0.144. The molecule has 1 aromatic carbocycles. The molecule has 0 aliphatic carbocycles. The molecule has 4 nitrogen and oxygen atoms in total. The van der Waals surface area contributed by atoms with E-state index in [-0.39, 0.29) is 17.8 Å². The summed E-state index contributed by atoms with van der Waals surface area (Å²) in [5.74, 6) is -0.461. The van der Waals surface area contributed by atoms with Crippen molar-refractivity contribution < 1.29 is 17.9 Å². The molecule has 0 N–H and O–H groups in total. The Balaban J connectivity index is 2.68. The maximum absolute atomic E-state index is 12.0. The van der Waals surface area contributed by atoms with E-state index in [1.54, 1.807) is 42.5 Å². The van der Waals surface area contributed by atoms with Crippen LogP contribution in [0, 0.1) is 0 Å². The van der Waals surface area contributed by atoms with Crippen LogP contribution in [0.1, 0.15) is 26.7 Å². The van der Waals surface area contributed by atoms with E-state index in [4.69, 9.17) is 4.74 Å². The molecule has 0 aromatic heterocycles. The molecule has 1 atom stereocenters. The number of ether oxygens (including phenoxy) is 1. The zero-order valence-electron chi connectivity index (χ0n) is 11.8. The molecular weight excluding hydrogens is 276 g/mol. The van der Waals surface area contributed by atoms with Crippen LogP contribution >= 0.6 is 0 Å². The van der Waals surface area contributed by atoms with Crippen molar-refractivity contribution in [1.82, 2.24) is 0 Å². The quantitative estimate of drug-likeness (QED) is 0.573. The second-order valence-electron chi connectivity index (χ2n) is 4.46. The van der Waals surface area contributed by atoms with Crippen LogP contribution in [-0.2, 0) is 19.4 Å². The summed E-state index contributed by atoms with van der Waals surface area (Å²) in [6.07, 6.45) is 4.37. The summed E-state index contributed by atoms with van der Waals surface area (Å²) in [4.78, 5) is 11.2. The van der Waals surface area contributed by atoms with Crippen LogP contribution in [0.25, 0.3) is 0 Å². The second kappa shape index (κ2) is 7.85. The first-order valence-corrected chi connectivity index (χ1v) is 8.22. The first-order chi connectivity index (χ1) is 9.45. The summed E-state index contributed by atoms with van der Waals surface area (Å²) in [6, 6.07) is 8.29. The van der Waals surface area contributed by atoms with E-state index in [0.29, 0.717) is 11.3 Å². The van der Waals surface area contributed by atoms with Gasteiger partial charge in [0.15, 0.2) is 9.84 Å². The van der Waals surface area contributed by atoms with Gasteiger partial charge < -0.3 is 4.74 Å². The van der Waals surface area contributed by atoms with Gasteiger partial charge in [0.25, 0.3) is 0 Å². The molecule has 1 rings (SSSR count). The number of rotatable bonds is 7. The van der Waals surface area contributed by atoms with Gasteiger partial charge >= 0.3 is 5.97 Å². The Bertz CT molecular complexity index is 546. The van der Waals surface area contributed by atoms with Crippen molar-refractivity contribution in [2.24, 2.45) is 0 Å². The highest BCUT2D eigenvalue weighted by Gasteiger charge is 2.12. The molecule has 0 fully saturated rings. The zero-order valence-corrected chi connectivity index (χ0v) is 12.6. The van der Waals surface area contributed by atoms with Gasteiger partial charge in [-0.1, -0.05) is 37.6 Å². The SMILES string of the molecule is CCCC(/C=C\CS(=O)(=O)c1ccccc1)OC(C)=O. The molecule has 110 valence electrons. The third-order valence-electron chi connectivity index (χ3n) is 2.66. The van der Waals surface area contributed by atoms with Gasteiger partial charge in [-0.25, -0.2) is 8.42 Å². The van der Waals surface area contributed by atoms with Crippen LogP contribution in [0.2, 0.25) is 0 Å². The lowest BCUT2D eigenvalue weighted by Gasteiger charge is -2.11. The van der Waals surface area contributed by atoms with Crippen molar-refractivity contribution in [3.05, 3.63) is 42.5 Å². The summed E-state index contributed by atoms with van der Waals surface area (Å²) in [6.45, 7) is 3.32. The second-order valence-corrected chi connectivity index (χ2v) is 6.49. The van der Waals surface area contributed by atoms with E-state index in [1.807, 2.05) is 6.92 Å².